The average molecular weight is 235 g/mol. The van der Waals surface area contributed by atoms with Gasteiger partial charge in [-0.15, -0.1) is 12.0 Å². The van der Waals surface area contributed by atoms with Gasteiger partial charge in [0.25, 0.3) is 0 Å². The minimum atomic E-state index is -0.223. The van der Waals surface area contributed by atoms with Gasteiger partial charge in [0.15, 0.2) is 18.1 Å². The van der Waals surface area contributed by atoms with E-state index in [0.717, 1.165) is 0 Å². The Kier molecular flexibility index (Phi) is 8.01. The van der Waals surface area contributed by atoms with E-state index >= 15 is 0 Å². The lowest BCUT2D eigenvalue weighted by Crippen LogP contribution is -1.97. The molecule has 0 fully saturated rings. The standard InChI is InChI=1S/C6HN9.2H3N/c7-1-10-4-13-5(11-2-8)15-6(14-4)12-3-9;;/h(H,10,13,14,15);2*1H3/q-2;;/p+2. The largest absolute Gasteiger partial charge is 0.422 e. The van der Waals surface area contributed by atoms with E-state index < -0.39 is 0 Å². The second-order valence-corrected chi connectivity index (χ2v) is 1.92. The highest BCUT2D eigenvalue weighted by Crippen LogP contribution is 2.12. The van der Waals surface area contributed by atoms with Crippen LogP contribution in [-0.4, -0.2) is 27.0 Å². The predicted octanol–water partition coefficient (Wildman–Crippen LogP) is 1.27. The van der Waals surface area contributed by atoms with Crippen molar-refractivity contribution in [3.63, 3.8) is 0 Å². The molecule has 0 aromatic carbocycles. The molecule has 0 saturated carbocycles. The van der Waals surface area contributed by atoms with Crippen LogP contribution >= 0.6 is 0 Å². The SMILES string of the molecule is N#CNc1nc(N=C=[N-])nc(N=C=[N-])n1.[NH4+].[NH4+]. The van der Waals surface area contributed by atoms with Crippen molar-refractivity contribution in [3.8, 4) is 6.19 Å². The third kappa shape index (κ3) is 4.84. The van der Waals surface area contributed by atoms with Crippen molar-refractivity contribution < 1.29 is 0 Å². The van der Waals surface area contributed by atoms with Gasteiger partial charge >= 0.3 is 0 Å². The normalized spacial score (nSPS) is 7.00. The average Bonchev–Trinajstić information content (AvgIpc) is 2.19. The number of hydrogen-bond acceptors (Lipinski definition) is 7. The van der Waals surface area contributed by atoms with Crippen molar-refractivity contribution in [2.75, 3.05) is 5.32 Å². The summed E-state index contributed by atoms with van der Waals surface area (Å²) < 4.78 is 0. The fourth-order valence-corrected chi connectivity index (χ4v) is 0.649. The molecule has 1 aromatic rings. The fourth-order valence-electron chi connectivity index (χ4n) is 0.649. The molecule has 11 heteroatoms. The summed E-state index contributed by atoms with van der Waals surface area (Å²) >= 11 is 0. The summed E-state index contributed by atoms with van der Waals surface area (Å²) in [6, 6.07) is 2.92. The van der Waals surface area contributed by atoms with E-state index in [1.165, 1.54) is 12.0 Å². The van der Waals surface area contributed by atoms with Gasteiger partial charge in [0, 0.05) is 0 Å². The van der Waals surface area contributed by atoms with Gasteiger partial charge < -0.3 is 33.1 Å². The molecular formula is C6H9N11. The Morgan fingerprint density at radius 3 is 1.82 bits per heavy atom. The number of anilines is 1. The van der Waals surface area contributed by atoms with Crippen LogP contribution in [0.5, 0.6) is 0 Å². The maximum atomic E-state index is 8.31. The van der Waals surface area contributed by atoms with E-state index in [-0.39, 0.29) is 30.1 Å². The van der Waals surface area contributed by atoms with Crippen molar-refractivity contribution in [1.82, 2.24) is 27.3 Å². The molecule has 1 aromatic heterocycles. The minimum Gasteiger partial charge on any atom is -0.422 e. The molecule has 88 valence electrons. The third-order valence-electron chi connectivity index (χ3n) is 1.08. The molecule has 0 aliphatic heterocycles. The van der Waals surface area contributed by atoms with Crippen LogP contribution in [0.3, 0.4) is 0 Å². The van der Waals surface area contributed by atoms with E-state index in [1.807, 2.05) is 0 Å². The lowest BCUT2D eigenvalue weighted by Gasteiger charge is -2.03. The first-order valence-electron chi connectivity index (χ1n) is 3.41. The Labute approximate surface area is 95.6 Å². The Morgan fingerprint density at radius 1 is 1.00 bits per heavy atom. The summed E-state index contributed by atoms with van der Waals surface area (Å²) in [6.07, 6.45) is 1.57. The molecule has 17 heavy (non-hydrogen) atoms. The van der Waals surface area contributed by atoms with Crippen molar-refractivity contribution in [3.05, 3.63) is 10.8 Å². The van der Waals surface area contributed by atoms with Crippen LogP contribution in [0, 0.1) is 11.5 Å². The second kappa shape index (κ2) is 8.30. The minimum absolute atomic E-state index is 0. The number of nitriles is 1. The highest BCUT2D eigenvalue weighted by Gasteiger charge is 1.97. The van der Waals surface area contributed by atoms with Gasteiger partial charge in [-0.05, 0) is 0 Å². The van der Waals surface area contributed by atoms with Crippen molar-refractivity contribution in [2.24, 2.45) is 9.98 Å². The predicted molar refractivity (Wildman–Crippen MR) is 61.9 cm³/mol. The summed E-state index contributed by atoms with van der Waals surface area (Å²) in [5.74, 6) is -0.575. The lowest BCUT2D eigenvalue weighted by atomic mass is 10.8. The summed E-state index contributed by atoms with van der Waals surface area (Å²) in [6.45, 7) is 0. The Hall–Kier alpha value is -3.02. The number of nitrogens with one attached hydrogen (secondary N) is 1. The zero-order valence-corrected chi connectivity index (χ0v) is 9.08. The zero-order chi connectivity index (χ0) is 11.1. The van der Waals surface area contributed by atoms with Gasteiger partial charge in [-0.25, -0.2) is 4.98 Å². The van der Waals surface area contributed by atoms with Crippen molar-refractivity contribution >= 4 is 29.9 Å². The fraction of sp³-hybridized carbons (Fsp3) is 0. The molecule has 0 radical (unpaired) electrons. The quantitative estimate of drug-likeness (QED) is 0.399. The van der Waals surface area contributed by atoms with Crippen LogP contribution in [-0.2, 0) is 0 Å². The van der Waals surface area contributed by atoms with Gasteiger partial charge in [0.2, 0.25) is 5.95 Å². The summed E-state index contributed by atoms with van der Waals surface area (Å²) in [4.78, 5) is 17.1. The molecule has 0 aliphatic rings. The van der Waals surface area contributed by atoms with Crippen LogP contribution in [0.2, 0.25) is 0 Å². The molecule has 0 amide bonds. The smallest absolute Gasteiger partial charge is 0.239 e. The topological polar surface area (TPSA) is 217 Å². The first-order chi connectivity index (χ1) is 7.30. The van der Waals surface area contributed by atoms with Gasteiger partial charge in [0.1, 0.15) is 0 Å². The van der Waals surface area contributed by atoms with E-state index in [1.54, 1.807) is 6.19 Å². The van der Waals surface area contributed by atoms with Crippen LogP contribution in [0.1, 0.15) is 0 Å². The molecular weight excluding hydrogens is 226 g/mol. The van der Waals surface area contributed by atoms with Gasteiger partial charge in [-0.1, -0.05) is 0 Å². The molecule has 0 atom stereocenters. The molecule has 11 nitrogen and oxygen atoms in total. The van der Waals surface area contributed by atoms with E-state index in [9.17, 15) is 0 Å². The lowest BCUT2D eigenvalue weighted by molar-refractivity contribution is 1.04. The highest BCUT2D eigenvalue weighted by atomic mass is 15.2. The van der Waals surface area contributed by atoms with E-state index in [2.05, 4.69) is 30.3 Å². The monoisotopic (exact) mass is 235 g/mol. The number of aromatic nitrogens is 3. The molecule has 0 spiro atoms. The van der Waals surface area contributed by atoms with Crippen LogP contribution < -0.4 is 17.6 Å². The molecule has 0 saturated heterocycles. The zero-order valence-electron chi connectivity index (χ0n) is 9.08. The highest BCUT2D eigenvalue weighted by molar-refractivity contribution is 5.54. The first kappa shape index (κ1) is 16.4. The Balaban J connectivity index is 0. The molecule has 0 bridgehead atoms. The number of rotatable bonds is 3. The Bertz CT molecular complexity index is 465. The number of quaternary nitrogens is 2. The number of aliphatic imine (C=N–C) groups is 2. The first-order valence-corrected chi connectivity index (χ1v) is 3.41. The van der Waals surface area contributed by atoms with E-state index in [4.69, 9.17) is 16.1 Å². The van der Waals surface area contributed by atoms with E-state index in [0.29, 0.717) is 0 Å². The molecule has 9 N–H and O–H groups in total. The number of hydrogen-bond donors (Lipinski definition) is 3. The Morgan fingerprint density at radius 2 is 1.47 bits per heavy atom. The van der Waals surface area contributed by atoms with Gasteiger partial charge in [0.05, 0.1) is 0 Å². The third-order valence-corrected chi connectivity index (χ3v) is 1.08. The maximum Gasteiger partial charge on any atom is 0.239 e. The summed E-state index contributed by atoms with van der Waals surface area (Å²) in [7, 11) is 0. The second-order valence-electron chi connectivity index (χ2n) is 1.92. The number of nitrogens with zero attached hydrogens (tertiary/aromatic N) is 8. The van der Waals surface area contributed by atoms with Crippen molar-refractivity contribution in [1.29, 1.82) is 5.26 Å². The summed E-state index contributed by atoms with van der Waals surface area (Å²) in [5, 5.41) is 26.9. The molecule has 0 unspecified atom stereocenters. The van der Waals surface area contributed by atoms with Crippen LogP contribution in [0.25, 0.3) is 10.8 Å². The van der Waals surface area contributed by atoms with Crippen molar-refractivity contribution in [2.45, 2.75) is 0 Å². The molecule has 1 heterocycles. The van der Waals surface area contributed by atoms with Crippen LogP contribution in [0.4, 0.5) is 17.8 Å². The molecule has 0 aliphatic carbocycles. The van der Waals surface area contributed by atoms with Gasteiger partial charge in [-0.2, -0.15) is 15.2 Å². The molecule has 1 rings (SSSR count). The maximum absolute atomic E-state index is 8.31. The van der Waals surface area contributed by atoms with Crippen LogP contribution in [0.15, 0.2) is 9.98 Å². The van der Waals surface area contributed by atoms with Gasteiger partial charge in [-0.3, -0.25) is 5.32 Å². The summed E-state index contributed by atoms with van der Waals surface area (Å²) in [5.41, 5.74) is 0.